The Morgan fingerprint density at radius 1 is 1.02 bits per heavy atom. The molecule has 2 fully saturated rings. The number of rotatable bonds is 6. The summed E-state index contributed by atoms with van der Waals surface area (Å²) < 4.78 is 44.4. The molecule has 3 aromatic heterocycles. The average Bonchev–Trinajstić information content (AvgIpc) is 3.69. The fraction of sp³-hybridized carbons (Fsp3) is 0.412. The first-order chi connectivity index (χ1) is 24.0. The number of piperidine rings is 1. The topological polar surface area (TPSA) is 155 Å². The van der Waals surface area contributed by atoms with Crippen molar-refractivity contribution >= 4 is 40.7 Å². The van der Waals surface area contributed by atoms with Gasteiger partial charge >= 0.3 is 6.18 Å². The maximum Gasteiger partial charge on any atom is 0.433 e. The second-order valence-corrected chi connectivity index (χ2v) is 14.1. The Bertz CT molecular complexity index is 1990. The third-order valence-corrected chi connectivity index (χ3v) is 10.1. The van der Waals surface area contributed by atoms with Crippen molar-refractivity contribution in [2.24, 2.45) is 13.0 Å². The Kier molecular flexibility index (Phi) is 9.59. The molecule has 0 aliphatic carbocycles. The molecule has 13 nitrogen and oxygen atoms in total. The summed E-state index contributed by atoms with van der Waals surface area (Å²) in [6.07, 6.45) is -0.597. The molecule has 0 spiro atoms. The zero-order valence-corrected chi connectivity index (χ0v) is 29.4. The number of halogens is 4. The molecule has 1 aromatic carbocycles. The van der Waals surface area contributed by atoms with Crippen molar-refractivity contribution in [1.82, 2.24) is 34.5 Å². The molecule has 6 rings (SSSR count). The lowest BCUT2D eigenvalue weighted by atomic mass is 9.94. The molecule has 51 heavy (non-hydrogen) atoms. The highest BCUT2D eigenvalue weighted by atomic mass is 35.5. The van der Waals surface area contributed by atoms with Gasteiger partial charge in [-0.05, 0) is 36.8 Å². The van der Waals surface area contributed by atoms with Crippen molar-refractivity contribution in [1.29, 1.82) is 0 Å². The SMILES string of the molecule is Cc1cc(-c2n[nH]c(C(F)(F)F)c2-c2cnc(C(=O)Nc3ccc(C(=O)N4CCN(C(=O)C5CC[N+](C)(C)CC5)CC4)c(Cl)c3)n2C)ncc1N. The first kappa shape index (κ1) is 35.9. The Morgan fingerprint density at radius 3 is 2.31 bits per heavy atom. The summed E-state index contributed by atoms with van der Waals surface area (Å²) in [4.78, 5) is 51.6. The van der Waals surface area contributed by atoms with Crippen LogP contribution >= 0.6 is 11.6 Å². The van der Waals surface area contributed by atoms with Gasteiger partial charge in [0.2, 0.25) is 5.91 Å². The van der Waals surface area contributed by atoms with E-state index in [0.717, 1.165) is 36.6 Å². The summed E-state index contributed by atoms with van der Waals surface area (Å²) in [5.74, 6) is -1.03. The van der Waals surface area contributed by atoms with Crippen LogP contribution in [0.5, 0.6) is 0 Å². The van der Waals surface area contributed by atoms with Gasteiger partial charge in [-0.1, -0.05) is 11.6 Å². The molecule has 2 aliphatic rings. The van der Waals surface area contributed by atoms with E-state index in [1.807, 2.05) is 4.90 Å². The molecule has 17 heteroatoms. The van der Waals surface area contributed by atoms with Gasteiger partial charge in [0, 0.05) is 57.7 Å². The summed E-state index contributed by atoms with van der Waals surface area (Å²) in [5.41, 5.74) is 5.88. The second-order valence-electron chi connectivity index (χ2n) is 13.7. The Hall–Kier alpha value is -4.96. The maximum absolute atomic E-state index is 14.1. The number of alkyl halides is 3. The van der Waals surface area contributed by atoms with Gasteiger partial charge in [-0.2, -0.15) is 18.3 Å². The van der Waals surface area contributed by atoms with Crippen LogP contribution < -0.4 is 11.1 Å². The number of carbonyl (C=O) groups excluding carboxylic acids is 3. The number of hydrogen-bond donors (Lipinski definition) is 3. The number of nitrogens with one attached hydrogen (secondary N) is 2. The van der Waals surface area contributed by atoms with Gasteiger partial charge in [0.1, 0.15) is 11.4 Å². The van der Waals surface area contributed by atoms with Gasteiger partial charge in [0.05, 0.1) is 72.8 Å². The maximum atomic E-state index is 14.1. The van der Waals surface area contributed by atoms with Crippen molar-refractivity contribution in [2.45, 2.75) is 25.9 Å². The molecule has 0 unspecified atom stereocenters. The van der Waals surface area contributed by atoms with E-state index in [1.165, 1.54) is 42.1 Å². The van der Waals surface area contributed by atoms with E-state index in [9.17, 15) is 27.6 Å². The average molecular weight is 728 g/mol. The Labute approximate surface area is 297 Å². The number of aromatic amines is 1. The highest BCUT2D eigenvalue weighted by Crippen LogP contribution is 2.41. The lowest BCUT2D eigenvalue weighted by molar-refractivity contribution is -0.895. The van der Waals surface area contributed by atoms with Crippen LogP contribution in [0.1, 0.15) is 45.1 Å². The van der Waals surface area contributed by atoms with E-state index < -0.39 is 17.8 Å². The van der Waals surface area contributed by atoms with E-state index in [0.29, 0.717) is 37.4 Å². The quantitative estimate of drug-likeness (QED) is 0.248. The summed E-state index contributed by atoms with van der Waals surface area (Å²) in [5, 5.41) is 8.73. The number of piperazine rings is 1. The fourth-order valence-corrected chi connectivity index (χ4v) is 6.82. The highest BCUT2D eigenvalue weighted by Gasteiger charge is 2.40. The molecule has 0 atom stereocenters. The van der Waals surface area contributed by atoms with Gasteiger partial charge in [-0.15, -0.1) is 0 Å². The van der Waals surface area contributed by atoms with Gasteiger partial charge in [0.15, 0.2) is 5.82 Å². The monoisotopic (exact) mass is 727 g/mol. The van der Waals surface area contributed by atoms with Crippen LogP contribution in [0.15, 0.2) is 36.7 Å². The molecule has 2 saturated heterocycles. The number of pyridine rings is 1. The third-order valence-electron chi connectivity index (χ3n) is 9.74. The number of hydrogen-bond acceptors (Lipinski definition) is 7. The van der Waals surface area contributed by atoms with E-state index >= 15 is 0 Å². The lowest BCUT2D eigenvalue weighted by Gasteiger charge is -2.40. The van der Waals surface area contributed by atoms with Gasteiger partial charge in [0.25, 0.3) is 11.8 Å². The number of carbonyl (C=O) groups is 3. The predicted octanol–water partition coefficient (Wildman–Crippen LogP) is 4.46. The smallest absolute Gasteiger partial charge is 0.397 e. The Morgan fingerprint density at radius 2 is 1.69 bits per heavy atom. The molecule has 0 saturated carbocycles. The summed E-state index contributed by atoms with van der Waals surface area (Å²) >= 11 is 6.52. The standard InChI is InChI=1S/C34H38ClF3N10O3/c1-19-15-25(40-17-24(19)39)28-27(29(44-43-28)34(36,37)38)26-18-41-30(45(26)2)31(49)42-21-5-6-22(23(35)16-21)33(51)47-11-9-46(10-12-47)32(50)20-7-13-48(3,4)14-8-20/h5-6,15-18,20H,7-14H2,1-4H3,(H3-,39,40,41,42,43,44,49,51)/p+1. The molecule has 4 aromatic rings. The molecule has 2 aliphatic heterocycles. The van der Waals surface area contributed by atoms with E-state index in [-0.39, 0.29) is 62.5 Å². The molecular formula is C34H39ClF3N10O3+. The number of aryl methyl sites for hydroxylation is 1. The number of nitrogens with two attached hydrogens (primary N) is 1. The number of likely N-dealkylation sites (tertiary alicyclic amines) is 1. The minimum atomic E-state index is -4.80. The minimum absolute atomic E-state index is 0.0182. The number of benzene rings is 1. The van der Waals surface area contributed by atoms with Gasteiger partial charge in [-0.3, -0.25) is 24.5 Å². The fourth-order valence-electron chi connectivity index (χ4n) is 6.56. The molecule has 3 amide bonds. The number of amides is 3. The summed E-state index contributed by atoms with van der Waals surface area (Å²) in [7, 11) is 5.76. The molecular weight excluding hydrogens is 689 g/mol. The van der Waals surface area contributed by atoms with Crippen LogP contribution in [0.25, 0.3) is 22.6 Å². The normalized spacial score (nSPS) is 16.7. The number of nitrogen functional groups attached to an aromatic ring is 1. The first-order valence-electron chi connectivity index (χ1n) is 16.4. The molecule has 0 bridgehead atoms. The van der Waals surface area contributed by atoms with Crippen LogP contribution in [-0.2, 0) is 18.0 Å². The van der Waals surface area contributed by atoms with Crippen molar-refractivity contribution in [3.8, 4) is 22.6 Å². The molecule has 270 valence electrons. The van der Waals surface area contributed by atoms with Gasteiger partial charge < -0.3 is 29.9 Å². The van der Waals surface area contributed by atoms with Crippen molar-refractivity contribution in [2.75, 3.05) is 64.4 Å². The van der Waals surface area contributed by atoms with E-state index in [4.69, 9.17) is 17.3 Å². The minimum Gasteiger partial charge on any atom is -0.397 e. The zero-order valence-electron chi connectivity index (χ0n) is 28.6. The van der Waals surface area contributed by atoms with E-state index in [1.54, 1.807) is 11.8 Å². The number of nitrogens with zero attached hydrogens (tertiary/aromatic N) is 7. The van der Waals surface area contributed by atoms with E-state index in [2.05, 4.69) is 39.6 Å². The van der Waals surface area contributed by atoms with Crippen LogP contribution in [0.3, 0.4) is 0 Å². The van der Waals surface area contributed by atoms with Gasteiger partial charge in [-0.25, -0.2) is 4.98 Å². The number of quaternary nitrogens is 1. The molecule has 4 N–H and O–H groups in total. The van der Waals surface area contributed by atoms with Crippen molar-refractivity contribution in [3.63, 3.8) is 0 Å². The lowest BCUT2D eigenvalue weighted by Crippen LogP contribution is -2.54. The van der Waals surface area contributed by atoms with Crippen LogP contribution in [0, 0.1) is 12.8 Å². The number of H-pyrrole nitrogens is 1. The molecule has 5 heterocycles. The third kappa shape index (κ3) is 7.28. The number of anilines is 2. The molecule has 0 radical (unpaired) electrons. The van der Waals surface area contributed by atoms with Crippen LogP contribution in [-0.4, -0.2) is 110 Å². The van der Waals surface area contributed by atoms with Crippen molar-refractivity contribution in [3.05, 3.63) is 64.3 Å². The largest absolute Gasteiger partial charge is 0.433 e. The Balaban J connectivity index is 1.14. The summed E-state index contributed by atoms with van der Waals surface area (Å²) in [6, 6.07) is 5.95. The van der Waals surface area contributed by atoms with Crippen LogP contribution in [0.2, 0.25) is 5.02 Å². The van der Waals surface area contributed by atoms with Crippen LogP contribution in [0.4, 0.5) is 24.5 Å². The van der Waals surface area contributed by atoms with Crippen molar-refractivity contribution < 1.29 is 32.0 Å². The second kappa shape index (κ2) is 13.6. The zero-order chi connectivity index (χ0) is 36.8. The number of aromatic nitrogens is 5. The predicted molar refractivity (Wildman–Crippen MR) is 185 cm³/mol. The highest BCUT2D eigenvalue weighted by molar-refractivity contribution is 6.34. The number of imidazole rings is 1. The summed E-state index contributed by atoms with van der Waals surface area (Å²) in [6.45, 7) is 5.25. The first-order valence-corrected chi connectivity index (χ1v) is 16.8.